The minimum absolute atomic E-state index is 0.00467. The lowest BCUT2D eigenvalue weighted by Crippen LogP contribution is -2.15. The van der Waals surface area contributed by atoms with Crippen molar-refractivity contribution in [2.45, 2.75) is 38.5 Å². The van der Waals surface area contributed by atoms with Crippen LogP contribution in [-0.2, 0) is 9.53 Å². The molecular weight excluding hydrogens is 271 g/mol. The van der Waals surface area contributed by atoms with Crippen LogP contribution in [0.5, 0.6) is 0 Å². The van der Waals surface area contributed by atoms with Gasteiger partial charge in [0.05, 0.1) is 11.3 Å². The molecule has 1 saturated heterocycles. The van der Waals surface area contributed by atoms with Crippen molar-refractivity contribution < 1.29 is 13.9 Å². The highest BCUT2D eigenvalue weighted by Gasteiger charge is 2.26. The molecule has 2 rings (SSSR count). The third-order valence-electron chi connectivity index (χ3n) is 3.82. The van der Waals surface area contributed by atoms with Crippen LogP contribution in [-0.4, -0.2) is 19.3 Å². The number of rotatable bonds is 3. The van der Waals surface area contributed by atoms with E-state index >= 15 is 0 Å². The van der Waals surface area contributed by atoms with E-state index in [4.69, 9.17) is 10.00 Å². The second-order valence-electron chi connectivity index (χ2n) is 5.45. The molecule has 0 spiro atoms. The molecule has 1 aliphatic rings. The Morgan fingerprint density at radius 1 is 1.43 bits per heavy atom. The van der Waals surface area contributed by atoms with Crippen LogP contribution in [0.4, 0.5) is 10.1 Å². The van der Waals surface area contributed by atoms with Gasteiger partial charge in [-0.3, -0.25) is 0 Å². The van der Waals surface area contributed by atoms with E-state index in [2.05, 4.69) is 4.99 Å². The second-order valence-corrected chi connectivity index (χ2v) is 5.45. The van der Waals surface area contributed by atoms with Gasteiger partial charge in [-0.05, 0) is 36.3 Å². The summed E-state index contributed by atoms with van der Waals surface area (Å²) in [6.45, 7) is 4.87. The number of isocyanates is 1. The van der Waals surface area contributed by atoms with Crippen molar-refractivity contribution in [2.24, 2.45) is 4.99 Å². The Morgan fingerprint density at radius 2 is 2.10 bits per heavy atom. The number of ether oxygens (including phenoxy) is 1. The Hall–Kier alpha value is -2.02. The molecule has 0 aromatic heterocycles. The second kappa shape index (κ2) is 6.62. The van der Waals surface area contributed by atoms with Gasteiger partial charge >= 0.3 is 0 Å². The molecule has 0 radical (unpaired) electrons. The van der Waals surface area contributed by atoms with Crippen molar-refractivity contribution in [3.63, 3.8) is 0 Å². The third kappa shape index (κ3) is 3.02. The van der Waals surface area contributed by atoms with Crippen molar-refractivity contribution in [3.8, 4) is 6.07 Å². The highest BCUT2D eigenvalue weighted by Crippen LogP contribution is 2.41. The zero-order valence-corrected chi connectivity index (χ0v) is 12.1. The SMILES string of the molecule is CC(C)c1c(F)c(C#N)cc(C2CCOCC2)c1N=C=O. The maximum Gasteiger partial charge on any atom is 0.240 e. The van der Waals surface area contributed by atoms with E-state index in [-0.39, 0.29) is 17.4 Å². The van der Waals surface area contributed by atoms with Crippen molar-refractivity contribution >= 4 is 11.8 Å². The summed E-state index contributed by atoms with van der Waals surface area (Å²) in [4.78, 5) is 14.5. The predicted octanol–water partition coefficient (Wildman–Crippen LogP) is 3.68. The molecule has 0 bridgehead atoms. The number of hydrogen-bond acceptors (Lipinski definition) is 4. The van der Waals surface area contributed by atoms with Gasteiger partial charge in [-0.2, -0.15) is 10.3 Å². The standard InChI is InChI=1S/C16H17FN2O2/c1-10(2)14-15(17)12(8-18)7-13(16(14)19-9-20)11-3-5-21-6-4-11/h7,10-11H,3-6H2,1-2H3. The van der Waals surface area contributed by atoms with Crippen molar-refractivity contribution in [1.29, 1.82) is 5.26 Å². The molecule has 0 amide bonds. The van der Waals surface area contributed by atoms with E-state index in [1.54, 1.807) is 0 Å². The monoisotopic (exact) mass is 288 g/mol. The molecule has 1 fully saturated rings. The first-order valence-electron chi connectivity index (χ1n) is 7.02. The van der Waals surface area contributed by atoms with E-state index in [1.807, 2.05) is 19.9 Å². The largest absolute Gasteiger partial charge is 0.381 e. The molecule has 1 aromatic rings. The molecule has 0 N–H and O–H groups in total. The van der Waals surface area contributed by atoms with Gasteiger partial charge in [-0.15, -0.1) is 0 Å². The molecule has 21 heavy (non-hydrogen) atoms. The van der Waals surface area contributed by atoms with Crippen LogP contribution in [0.1, 0.15) is 55.2 Å². The number of nitriles is 1. The van der Waals surface area contributed by atoms with Crippen molar-refractivity contribution in [2.75, 3.05) is 13.2 Å². The lowest BCUT2D eigenvalue weighted by Gasteiger charge is -2.25. The number of hydrogen-bond donors (Lipinski definition) is 0. The van der Waals surface area contributed by atoms with Crippen molar-refractivity contribution in [1.82, 2.24) is 0 Å². The van der Waals surface area contributed by atoms with E-state index < -0.39 is 5.82 Å². The van der Waals surface area contributed by atoms with E-state index in [1.165, 1.54) is 12.1 Å². The fourth-order valence-corrected chi connectivity index (χ4v) is 2.79. The molecule has 1 heterocycles. The van der Waals surface area contributed by atoms with Gasteiger partial charge < -0.3 is 4.74 Å². The average Bonchev–Trinajstić information content (AvgIpc) is 2.48. The molecule has 5 heteroatoms. The Balaban J connectivity index is 2.69. The van der Waals surface area contributed by atoms with Gasteiger partial charge in [0.2, 0.25) is 6.08 Å². The molecule has 110 valence electrons. The molecule has 0 unspecified atom stereocenters. The average molecular weight is 288 g/mol. The van der Waals surface area contributed by atoms with Crippen LogP contribution in [0.2, 0.25) is 0 Å². The summed E-state index contributed by atoms with van der Waals surface area (Å²) >= 11 is 0. The zero-order chi connectivity index (χ0) is 15.4. The number of carbonyl (C=O) groups excluding carboxylic acids is 1. The van der Waals surface area contributed by atoms with Crippen LogP contribution in [0.15, 0.2) is 11.1 Å². The van der Waals surface area contributed by atoms with Gasteiger partial charge in [-0.1, -0.05) is 13.8 Å². The minimum Gasteiger partial charge on any atom is -0.381 e. The molecule has 0 saturated carbocycles. The molecular formula is C16H17FN2O2. The molecule has 0 atom stereocenters. The first-order chi connectivity index (χ1) is 10.1. The third-order valence-corrected chi connectivity index (χ3v) is 3.82. The van der Waals surface area contributed by atoms with Gasteiger partial charge in [-0.25, -0.2) is 9.18 Å². The Kier molecular flexibility index (Phi) is 4.85. The van der Waals surface area contributed by atoms with Gasteiger partial charge in [0.1, 0.15) is 11.9 Å². The maximum absolute atomic E-state index is 14.4. The van der Waals surface area contributed by atoms with Crippen LogP contribution >= 0.6 is 0 Å². The number of nitrogens with zero attached hydrogens (tertiary/aromatic N) is 2. The number of halogens is 1. The number of benzene rings is 1. The smallest absolute Gasteiger partial charge is 0.240 e. The van der Waals surface area contributed by atoms with Crippen LogP contribution in [0.25, 0.3) is 0 Å². The van der Waals surface area contributed by atoms with Crippen molar-refractivity contribution in [3.05, 3.63) is 28.6 Å². The Labute approximate surface area is 123 Å². The quantitative estimate of drug-likeness (QED) is 0.629. The summed E-state index contributed by atoms with van der Waals surface area (Å²) in [5.74, 6) is -0.641. The highest BCUT2D eigenvalue weighted by atomic mass is 19.1. The molecule has 1 aromatic carbocycles. The normalized spacial score (nSPS) is 15.6. The fraction of sp³-hybridized carbons (Fsp3) is 0.500. The molecule has 0 aliphatic carbocycles. The zero-order valence-electron chi connectivity index (χ0n) is 12.1. The molecule has 4 nitrogen and oxygen atoms in total. The summed E-state index contributed by atoms with van der Waals surface area (Å²) in [5.41, 5.74) is 1.41. The predicted molar refractivity (Wildman–Crippen MR) is 75.8 cm³/mol. The fourth-order valence-electron chi connectivity index (χ4n) is 2.79. The lowest BCUT2D eigenvalue weighted by atomic mass is 9.85. The van der Waals surface area contributed by atoms with Gasteiger partial charge in [0.25, 0.3) is 0 Å². The van der Waals surface area contributed by atoms with E-state index in [0.29, 0.717) is 24.5 Å². The van der Waals surface area contributed by atoms with Gasteiger partial charge in [0, 0.05) is 18.8 Å². The van der Waals surface area contributed by atoms with Gasteiger partial charge in [0.15, 0.2) is 0 Å². The Bertz CT molecular complexity index is 622. The summed E-state index contributed by atoms with van der Waals surface area (Å²) in [6.07, 6.45) is 3.06. The number of aliphatic imine (C=N–C) groups is 1. The maximum atomic E-state index is 14.4. The van der Waals surface area contributed by atoms with Crippen LogP contribution in [0, 0.1) is 17.1 Å². The van der Waals surface area contributed by atoms with E-state index in [9.17, 15) is 9.18 Å². The highest BCUT2D eigenvalue weighted by molar-refractivity contribution is 5.64. The first-order valence-corrected chi connectivity index (χ1v) is 7.02. The first kappa shape index (κ1) is 15.4. The summed E-state index contributed by atoms with van der Waals surface area (Å²) in [5, 5.41) is 9.15. The summed E-state index contributed by atoms with van der Waals surface area (Å²) < 4.78 is 19.7. The minimum atomic E-state index is -0.586. The van der Waals surface area contributed by atoms with Crippen LogP contribution in [0.3, 0.4) is 0 Å². The Morgan fingerprint density at radius 3 is 2.62 bits per heavy atom. The topological polar surface area (TPSA) is 62.4 Å². The lowest BCUT2D eigenvalue weighted by molar-refractivity contribution is 0.0854. The summed E-state index contributed by atoms with van der Waals surface area (Å²) in [6, 6.07) is 3.41. The molecule has 1 aliphatic heterocycles. The van der Waals surface area contributed by atoms with Crippen LogP contribution < -0.4 is 0 Å². The summed E-state index contributed by atoms with van der Waals surface area (Å²) in [7, 11) is 0. The van der Waals surface area contributed by atoms with E-state index in [0.717, 1.165) is 18.4 Å².